The van der Waals surface area contributed by atoms with Crippen LogP contribution in [-0.4, -0.2) is 5.79 Å². The lowest BCUT2D eigenvalue weighted by Gasteiger charge is -2.31. The van der Waals surface area contributed by atoms with Crippen LogP contribution >= 0.6 is 0 Å². The molecule has 1 spiro atoms. The maximum Gasteiger partial charge on any atom is 0.258 e. The predicted molar refractivity (Wildman–Crippen MR) is 101 cm³/mol. The Labute approximate surface area is 150 Å². The predicted octanol–water partition coefficient (Wildman–Crippen LogP) is 3.47. The molecule has 0 saturated carbocycles. The van der Waals surface area contributed by atoms with Crippen LogP contribution in [0.25, 0.3) is 29.2 Å². The molecule has 1 atom stereocenters. The van der Waals surface area contributed by atoms with Crippen molar-refractivity contribution in [2.75, 3.05) is 0 Å². The third-order valence-corrected chi connectivity index (χ3v) is 5.41. The lowest BCUT2D eigenvalue weighted by Crippen LogP contribution is -2.44. The molecule has 3 aliphatic heterocycles. The highest BCUT2D eigenvalue weighted by Gasteiger charge is 2.43. The van der Waals surface area contributed by atoms with Gasteiger partial charge in [0.15, 0.2) is 0 Å². The number of hydrogen-bond acceptors (Lipinski definition) is 3. The minimum Gasteiger partial charge on any atom is -0.472 e. The summed E-state index contributed by atoms with van der Waals surface area (Å²) in [5.74, 6) is 1.12. The maximum atomic E-state index is 6.42. The SMILES string of the molecule is C1=Cc2cc3c(cc2=CO1)OC1(CC=3)Cc2c(ccc3ccccc23)O1. The monoisotopic (exact) mass is 340 g/mol. The van der Waals surface area contributed by atoms with Crippen LogP contribution in [0.1, 0.15) is 17.5 Å². The quantitative estimate of drug-likeness (QED) is 0.627. The van der Waals surface area contributed by atoms with Crippen molar-refractivity contribution in [3.63, 3.8) is 0 Å². The molecule has 126 valence electrons. The molecule has 0 fully saturated rings. The van der Waals surface area contributed by atoms with Crippen LogP contribution in [0.4, 0.5) is 0 Å². The molecule has 3 aromatic rings. The molecule has 3 nitrogen and oxygen atoms in total. The topological polar surface area (TPSA) is 27.7 Å². The van der Waals surface area contributed by atoms with Crippen LogP contribution < -0.4 is 19.9 Å². The molecular weight excluding hydrogens is 324 g/mol. The Hall–Kier alpha value is -3.20. The highest BCUT2D eigenvalue weighted by Crippen LogP contribution is 2.42. The summed E-state index contributed by atoms with van der Waals surface area (Å²) in [5, 5.41) is 4.62. The van der Waals surface area contributed by atoms with E-state index in [1.807, 2.05) is 12.1 Å². The van der Waals surface area contributed by atoms with Crippen molar-refractivity contribution in [1.82, 2.24) is 0 Å². The summed E-state index contributed by atoms with van der Waals surface area (Å²) in [6, 6.07) is 16.8. The Morgan fingerprint density at radius 3 is 2.81 bits per heavy atom. The van der Waals surface area contributed by atoms with Crippen molar-refractivity contribution in [2.45, 2.75) is 18.6 Å². The van der Waals surface area contributed by atoms with E-state index >= 15 is 0 Å². The second kappa shape index (κ2) is 4.92. The number of hydrogen-bond donors (Lipinski definition) is 0. The summed E-state index contributed by atoms with van der Waals surface area (Å²) in [6.45, 7) is 0. The number of benzene rings is 3. The highest BCUT2D eigenvalue weighted by molar-refractivity contribution is 5.88. The van der Waals surface area contributed by atoms with Gasteiger partial charge in [0.25, 0.3) is 5.79 Å². The van der Waals surface area contributed by atoms with Gasteiger partial charge in [0.05, 0.1) is 18.9 Å². The van der Waals surface area contributed by atoms with Crippen molar-refractivity contribution < 1.29 is 14.2 Å². The zero-order valence-electron chi connectivity index (χ0n) is 14.1. The first-order valence-corrected chi connectivity index (χ1v) is 8.85. The number of ether oxygens (including phenoxy) is 3. The van der Waals surface area contributed by atoms with Gasteiger partial charge < -0.3 is 14.2 Å². The van der Waals surface area contributed by atoms with Crippen molar-refractivity contribution in [3.8, 4) is 11.5 Å². The fourth-order valence-corrected chi connectivity index (χ4v) is 4.13. The van der Waals surface area contributed by atoms with E-state index in [1.165, 1.54) is 16.3 Å². The van der Waals surface area contributed by atoms with Crippen LogP contribution in [0.5, 0.6) is 11.5 Å². The molecule has 3 heteroatoms. The minimum atomic E-state index is -0.654. The van der Waals surface area contributed by atoms with E-state index in [-0.39, 0.29) is 0 Å². The Bertz CT molecular complexity index is 1220. The summed E-state index contributed by atoms with van der Waals surface area (Å²) in [4.78, 5) is 0. The number of fused-ring (bicyclic) bond motifs is 5. The van der Waals surface area contributed by atoms with E-state index in [0.29, 0.717) is 0 Å². The van der Waals surface area contributed by atoms with Gasteiger partial charge in [-0.3, -0.25) is 0 Å². The van der Waals surface area contributed by atoms with E-state index < -0.39 is 5.79 Å². The molecular formula is C23H16O3. The van der Waals surface area contributed by atoms with Gasteiger partial charge in [-0.25, -0.2) is 0 Å². The standard InChI is InChI=1S/C23H16O3/c1-2-4-19-15(3-1)5-6-21-20(19)13-23(25-21)9-7-17-11-16-8-10-24-14-18(16)12-22(17)26-23/h1-8,10-12,14H,9,13H2. The van der Waals surface area contributed by atoms with Gasteiger partial charge in [-0.05, 0) is 40.6 Å². The van der Waals surface area contributed by atoms with Gasteiger partial charge in [0.1, 0.15) is 11.5 Å². The average molecular weight is 340 g/mol. The molecule has 0 bridgehead atoms. The molecule has 3 aliphatic rings. The molecule has 0 aromatic heterocycles. The third kappa shape index (κ3) is 1.94. The lowest BCUT2D eigenvalue weighted by atomic mass is 9.96. The van der Waals surface area contributed by atoms with Crippen LogP contribution in [0, 0.1) is 0 Å². The molecule has 0 radical (unpaired) electrons. The first-order chi connectivity index (χ1) is 12.8. The zero-order valence-corrected chi connectivity index (χ0v) is 14.1. The summed E-state index contributed by atoms with van der Waals surface area (Å²) < 4.78 is 18.1. The van der Waals surface area contributed by atoms with Gasteiger partial charge in [-0.15, -0.1) is 0 Å². The summed E-state index contributed by atoms with van der Waals surface area (Å²) in [7, 11) is 0. The third-order valence-electron chi connectivity index (χ3n) is 5.41. The van der Waals surface area contributed by atoms with Crippen LogP contribution in [-0.2, 0) is 11.2 Å². The highest BCUT2D eigenvalue weighted by atomic mass is 16.7. The lowest BCUT2D eigenvalue weighted by molar-refractivity contribution is -0.0948. The molecule has 0 aliphatic carbocycles. The smallest absolute Gasteiger partial charge is 0.258 e. The van der Waals surface area contributed by atoms with E-state index in [0.717, 1.165) is 40.3 Å². The van der Waals surface area contributed by atoms with Gasteiger partial charge in [0, 0.05) is 22.4 Å². The van der Waals surface area contributed by atoms with E-state index in [1.54, 1.807) is 12.5 Å². The molecule has 3 aromatic carbocycles. The molecule has 1 unspecified atom stereocenters. The van der Waals surface area contributed by atoms with Crippen molar-refractivity contribution in [2.24, 2.45) is 0 Å². The van der Waals surface area contributed by atoms with Gasteiger partial charge in [0.2, 0.25) is 0 Å². The van der Waals surface area contributed by atoms with E-state index in [4.69, 9.17) is 14.2 Å². The van der Waals surface area contributed by atoms with Gasteiger partial charge >= 0.3 is 0 Å². The fourth-order valence-electron chi connectivity index (χ4n) is 4.13. The molecule has 0 amide bonds. The second-order valence-corrected chi connectivity index (χ2v) is 7.04. The molecule has 0 saturated heterocycles. The number of rotatable bonds is 0. The van der Waals surface area contributed by atoms with E-state index in [9.17, 15) is 0 Å². The average Bonchev–Trinajstić information content (AvgIpc) is 3.04. The Morgan fingerprint density at radius 1 is 0.885 bits per heavy atom. The van der Waals surface area contributed by atoms with Crippen molar-refractivity contribution >= 4 is 29.2 Å². The van der Waals surface area contributed by atoms with Gasteiger partial charge in [-0.2, -0.15) is 0 Å². The van der Waals surface area contributed by atoms with Crippen LogP contribution in [0.3, 0.4) is 0 Å². The first-order valence-electron chi connectivity index (χ1n) is 8.85. The Morgan fingerprint density at radius 2 is 1.81 bits per heavy atom. The molecule has 0 N–H and O–H groups in total. The summed E-state index contributed by atoms with van der Waals surface area (Å²) >= 11 is 0. The van der Waals surface area contributed by atoms with E-state index in [2.05, 4.69) is 48.5 Å². The summed E-state index contributed by atoms with van der Waals surface area (Å²) in [5.41, 5.74) is 2.38. The minimum absolute atomic E-state index is 0.654. The van der Waals surface area contributed by atoms with Crippen molar-refractivity contribution in [1.29, 1.82) is 0 Å². The van der Waals surface area contributed by atoms with Crippen molar-refractivity contribution in [3.05, 3.63) is 76.4 Å². The zero-order chi connectivity index (χ0) is 17.1. The largest absolute Gasteiger partial charge is 0.472 e. The first kappa shape index (κ1) is 14.0. The normalized spacial score (nSPS) is 21.5. The maximum absolute atomic E-state index is 6.42. The van der Waals surface area contributed by atoms with Crippen LogP contribution in [0.15, 0.2) is 54.8 Å². The Kier molecular flexibility index (Phi) is 2.65. The Balaban J connectivity index is 1.45. The second-order valence-electron chi connectivity index (χ2n) is 7.04. The molecule has 26 heavy (non-hydrogen) atoms. The van der Waals surface area contributed by atoms with Crippen LogP contribution in [0.2, 0.25) is 0 Å². The molecule has 6 rings (SSSR count). The fraction of sp³-hybridized carbons (Fsp3) is 0.130. The molecule has 3 heterocycles. The summed E-state index contributed by atoms with van der Waals surface area (Å²) in [6.07, 6.45) is 9.11. The van der Waals surface area contributed by atoms with Gasteiger partial charge in [-0.1, -0.05) is 36.4 Å².